The normalized spacial score (nSPS) is 12.8. The average Bonchev–Trinajstić information content (AvgIpc) is 2.82. The highest BCUT2D eigenvalue weighted by Gasteiger charge is 2.32. The van der Waals surface area contributed by atoms with Crippen LogP contribution in [-0.4, -0.2) is 29.3 Å². The number of carbonyl (C=O) groups excluding carboxylic acids is 3. The Labute approximate surface area is 136 Å². The molecule has 3 amide bonds. The molecule has 1 aromatic carbocycles. The number of para-hydroxylation sites is 1. The fraction of sp³-hybridized carbons (Fsp3) is 0.125. The Balaban J connectivity index is 2.40. The zero-order valence-corrected chi connectivity index (χ0v) is 13.0. The van der Waals surface area contributed by atoms with Gasteiger partial charge in [0.15, 0.2) is 0 Å². The number of aromatic nitrogens is 1. The average molecular weight is 326 g/mol. The van der Waals surface area contributed by atoms with E-state index in [1.807, 2.05) is 0 Å². The molecule has 0 atom stereocenters. The molecule has 1 aliphatic heterocycles. The molecule has 0 saturated carbocycles. The van der Waals surface area contributed by atoms with Gasteiger partial charge in [0.1, 0.15) is 5.82 Å². The first-order valence-electron chi connectivity index (χ1n) is 7.10. The van der Waals surface area contributed by atoms with E-state index in [9.17, 15) is 19.2 Å². The minimum absolute atomic E-state index is 0.0613. The maximum absolute atomic E-state index is 12.5. The number of fused-ring (bicyclic) bond motifs is 1. The lowest BCUT2D eigenvalue weighted by Crippen LogP contribution is -2.28. The number of nitrogens with two attached hydrogens (primary N) is 1. The van der Waals surface area contributed by atoms with E-state index < -0.39 is 23.3 Å². The van der Waals surface area contributed by atoms with E-state index in [0.717, 1.165) is 10.6 Å². The molecule has 1 aromatic heterocycles. The molecule has 0 aliphatic carbocycles. The van der Waals surface area contributed by atoms with Gasteiger partial charge in [-0.15, -0.1) is 0 Å². The molecule has 3 rings (SSSR count). The highest BCUT2D eigenvalue weighted by Crippen LogP contribution is 2.26. The minimum Gasteiger partial charge on any atom is -0.384 e. The number of hydrogen-bond acceptors (Lipinski definition) is 5. The fourth-order valence-corrected chi connectivity index (χ4v) is 2.78. The number of carbonyl (C=O) groups is 3. The molecule has 122 valence electrons. The van der Waals surface area contributed by atoms with Gasteiger partial charge < -0.3 is 11.1 Å². The number of amides is 3. The summed E-state index contributed by atoms with van der Waals surface area (Å²) < 4.78 is 1.08. The van der Waals surface area contributed by atoms with Crippen LogP contribution in [0.4, 0.5) is 5.82 Å². The predicted molar refractivity (Wildman–Crippen MR) is 86.4 cm³/mol. The Morgan fingerprint density at radius 3 is 2.58 bits per heavy atom. The first-order chi connectivity index (χ1) is 11.4. The van der Waals surface area contributed by atoms with E-state index in [1.165, 1.54) is 7.05 Å². The molecular weight excluding hydrogens is 312 g/mol. The number of nitrogens with zero attached hydrogens (tertiary/aromatic N) is 1. The third kappa shape index (κ3) is 2.08. The highest BCUT2D eigenvalue weighted by molar-refractivity contribution is 6.23. The molecule has 1 aliphatic rings. The number of nitrogens with one attached hydrogen (secondary N) is 2. The zero-order chi connectivity index (χ0) is 17.6. The largest absolute Gasteiger partial charge is 0.384 e. The summed E-state index contributed by atoms with van der Waals surface area (Å²) in [5.74, 6) is -1.92. The lowest BCUT2D eigenvalue weighted by molar-refractivity contribution is 0.0878. The Morgan fingerprint density at radius 1 is 1.21 bits per heavy atom. The minimum atomic E-state index is -0.670. The number of benzene rings is 1. The Kier molecular flexibility index (Phi) is 3.44. The fourth-order valence-electron chi connectivity index (χ4n) is 2.78. The van der Waals surface area contributed by atoms with Gasteiger partial charge in [-0.05, 0) is 18.6 Å². The Bertz CT molecular complexity index is 975. The summed E-state index contributed by atoms with van der Waals surface area (Å²) in [4.78, 5) is 48.3. The van der Waals surface area contributed by atoms with E-state index in [2.05, 4.69) is 10.6 Å². The number of anilines is 1. The predicted octanol–water partition coefficient (Wildman–Crippen LogP) is -0.0287. The molecule has 0 fully saturated rings. The molecule has 0 saturated heterocycles. The van der Waals surface area contributed by atoms with Gasteiger partial charge in [-0.2, -0.15) is 0 Å². The second-order valence-electron chi connectivity index (χ2n) is 5.33. The van der Waals surface area contributed by atoms with Gasteiger partial charge in [-0.25, -0.2) is 0 Å². The van der Waals surface area contributed by atoms with Gasteiger partial charge in [0, 0.05) is 13.1 Å². The van der Waals surface area contributed by atoms with Gasteiger partial charge >= 0.3 is 0 Å². The van der Waals surface area contributed by atoms with Crippen LogP contribution in [0.3, 0.4) is 0 Å². The van der Waals surface area contributed by atoms with Gasteiger partial charge in [0.05, 0.1) is 22.4 Å². The number of rotatable bonds is 2. The summed E-state index contributed by atoms with van der Waals surface area (Å²) in [6.07, 6.45) is 0. The van der Waals surface area contributed by atoms with Crippen molar-refractivity contribution >= 4 is 23.5 Å². The lowest BCUT2D eigenvalue weighted by atomic mass is 10.1. The topological polar surface area (TPSA) is 123 Å². The third-order valence-corrected chi connectivity index (χ3v) is 3.89. The molecule has 2 aromatic rings. The van der Waals surface area contributed by atoms with Crippen LogP contribution in [0, 0.1) is 6.92 Å². The summed E-state index contributed by atoms with van der Waals surface area (Å²) in [5.41, 5.74) is 6.42. The summed E-state index contributed by atoms with van der Waals surface area (Å²) in [7, 11) is 1.47. The van der Waals surface area contributed by atoms with Gasteiger partial charge in [0.2, 0.25) is 0 Å². The van der Waals surface area contributed by atoms with Crippen LogP contribution in [0.15, 0.2) is 29.1 Å². The highest BCUT2D eigenvalue weighted by atomic mass is 16.2. The van der Waals surface area contributed by atoms with Crippen molar-refractivity contribution in [2.75, 3.05) is 12.8 Å². The smallest absolute Gasteiger partial charge is 0.262 e. The van der Waals surface area contributed by atoms with Crippen molar-refractivity contribution in [1.29, 1.82) is 0 Å². The molecule has 0 spiro atoms. The number of nitrogen functional groups attached to an aromatic ring is 1. The van der Waals surface area contributed by atoms with Crippen LogP contribution in [0.25, 0.3) is 5.69 Å². The van der Waals surface area contributed by atoms with Crippen LogP contribution < -0.4 is 21.9 Å². The van der Waals surface area contributed by atoms with Crippen molar-refractivity contribution in [2.45, 2.75) is 6.92 Å². The van der Waals surface area contributed by atoms with Crippen LogP contribution >= 0.6 is 0 Å². The SMILES string of the molecule is CNC(=O)c1cccc(C)c1-n1c(N)c2c(cc1=O)C(=O)NC2=O. The van der Waals surface area contributed by atoms with Gasteiger partial charge in [-0.1, -0.05) is 12.1 Å². The zero-order valence-electron chi connectivity index (χ0n) is 13.0. The quantitative estimate of drug-likeness (QED) is 0.669. The molecule has 8 nitrogen and oxygen atoms in total. The van der Waals surface area contributed by atoms with Gasteiger partial charge in [-0.3, -0.25) is 29.1 Å². The van der Waals surface area contributed by atoms with Crippen molar-refractivity contribution < 1.29 is 14.4 Å². The maximum atomic E-state index is 12.5. The molecule has 0 radical (unpaired) electrons. The summed E-state index contributed by atoms with van der Waals surface area (Å²) >= 11 is 0. The number of pyridine rings is 1. The number of imide groups is 1. The molecule has 0 bridgehead atoms. The first-order valence-corrected chi connectivity index (χ1v) is 7.10. The van der Waals surface area contributed by atoms with Crippen LogP contribution in [-0.2, 0) is 0 Å². The molecule has 8 heteroatoms. The van der Waals surface area contributed by atoms with E-state index >= 15 is 0 Å². The standard InChI is InChI=1S/C16H14N4O4/c1-7-4-3-5-8(14(22)18-2)12(7)20-10(21)6-9-11(13(20)17)16(24)19-15(9)23/h3-6H,17H2,1-2H3,(H,18,22)(H,19,23,24). The number of aryl methyl sites for hydroxylation is 1. The van der Waals surface area contributed by atoms with Crippen LogP contribution in [0.2, 0.25) is 0 Å². The van der Waals surface area contributed by atoms with E-state index in [1.54, 1.807) is 25.1 Å². The second kappa shape index (κ2) is 5.34. The van der Waals surface area contributed by atoms with Crippen molar-refractivity contribution in [1.82, 2.24) is 15.2 Å². The van der Waals surface area contributed by atoms with Gasteiger partial charge in [0.25, 0.3) is 23.3 Å². The Morgan fingerprint density at radius 2 is 1.92 bits per heavy atom. The number of hydrogen-bond donors (Lipinski definition) is 3. The van der Waals surface area contributed by atoms with Crippen molar-refractivity contribution in [3.8, 4) is 5.69 Å². The lowest BCUT2D eigenvalue weighted by Gasteiger charge is -2.17. The summed E-state index contributed by atoms with van der Waals surface area (Å²) in [6.45, 7) is 1.71. The van der Waals surface area contributed by atoms with E-state index in [4.69, 9.17) is 5.73 Å². The van der Waals surface area contributed by atoms with Crippen LogP contribution in [0.1, 0.15) is 36.6 Å². The first kappa shape index (κ1) is 15.5. The second-order valence-corrected chi connectivity index (χ2v) is 5.33. The summed E-state index contributed by atoms with van der Waals surface area (Å²) in [5, 5.41) is 4.60. The third-order valence-electron chi connectivity index (χ3n) is 3.89. The summed E-state index contributed by atoms with van der Waals surface area (Å²) in [6, 6.07) is 5.98. The molecule has 2 heterocycles. The molecule has 4 N–H and O–H groups in total. The van der Waals surface area contributed by atoms with Crippen LogP contribution in [0.5, 0.6) is 0 Å². The van der Waals surface area contributed by atoms with E-state index in [0.29, 0.717) is 5.56 Å². The molecule has 0 unspecified atom stereocenters. The van der Waals surface area contributed by atoms with Crippen molar-refractivity contribution in [3.05, 3.63) is 56.9 Å². The monoisotopic (exact) mass is 326 g/mol. The van der Waals surface area contributed by atoms with E-state index in [-0.39, 0.29) is 28.2 Å². The Hall–Kier alpha value is -3.42. The van der Waals surface area contributed by atoms with Crippen molar-refractivity contribution in [3.63, 3.8) is 0 Å². The molecule has 24 heavy (non-hydrogen) atoms. The van der Waals surface area contributed by atoms with Crippen molar-refractivity contribution in [2.24, 2.45) is 0 Å². The molecular formula is C16H14N4O4. The maximum Gasteiger partial charge on any atom is 0.262 e.